The lowest BCUT2D eigenvalue weighted by Crippen LogP contribution is -2.14. The van der Waals surface area contributed by atoms with Gasteiger partial charge in [-0.1, -0.05) is 13.8 Å². The van der Waals surface area contributed by atoms with E-state index in [9.17, 15) is 4.79 Å². The summed E-state index contributed by atoms with van der Waals surface area (Å²) in [6.45, 7) is 3.91. The van der Waals surface area contributed by atoms with Crippen molar-refractivity contribution < 1.29 is 14.9 Å². The van der Waals surface area contributed by atoms with Crippen molar-refractivity contribution >= 4 is 6.29 Å². The lowest BCUT2D eigenvalue weighted by Gasteiger charge is -2.07. The van der Waals surface area contributed by atoms with E-state index in [1.165, 1.54) is 0 Å². The van der Waals surface area contributed by atoms with Crippen LogP contribution in [0.4, 0.5) is 0 Å². The second kappa shape index (κ2) is 4.47. The van der Waals surface area contributed by atoms with Crippen LogP contribution in [0.15, 0.2) is 0 Å². The summed E-state index contributed by atoms with van der Waals surface area (Å²) in [5.41, 5.74) is 0. The number of rotatable bonds is 4. The average Bonchev–Trinajstić information content (AvgIpc) is 1.82. The molecular weight excluding hydrogens is 120 g/mol. The van der Waals surface area contributed by atoms with Gasteiger partial charge in [0.1, 0.15) is 6.10 Å². The molecule has 3 nitrogen and oxygen atoms in total. The molecule has 1 N–H and O–H groups in total. The van der Waals surface area contributed by atoms with Crippen molar-refractivity contribution in [2.75, 3.05) is 0 Å². The van der Waals surface area contributed by atoms with E-state index in [0.29, 0.717) is 18.6 Å². The van der Waals surface area contributed by atoms with Gasteiger partial charge in [-0.15, -0.1) is 0 Å². The molecule has 0 aliphatic rings. The molecule has 9 heavy (non-hydrogen) atoms. The summed E-state index contributed by atoms with van der Waals surface area (Å²) in [5.74, 6) is 0.368. The molecule has 3 heteroatoms. The normalized spacial score (nSPS) is 13.8. The Morgan fingerprint density at radius 3 is 2.33 bits per heavy atom. The van der Waals surface area contributed by atoms with Gasteiger partial charge in [-0.2, -0.15) is 0 Å². The van der Waals surface area contributed by atoms with E-state index in [1.54, 1.807) is 0 Å². The van der Waals surface area contributed by atoms with E-state index in [2.05, 4.69) is 4.89 Å². The lowest BCUT2D eigenvalue weighted by molar-refractivity contribution is -0.270. The monoisotopic (exact) mass is 132 g/mol. The molecule has 0 amide bonds. The zero-order chi connectivity index (χ0) is 7.28. The zero-order valence-electron chi connectivity index (χ0n) is 5.70. The van der Waals surface area contributed by atoms with E-state index in [0.717, 1.165) is 0 Å². The Hall–Kier alpha value is -0.410. The fourth-order valence-electron chi connectivity index (χ4n) is 0.588. The van der Waals surface area contributed by atoms with Gasteiger partial charge < -0.3 is 4.79 Å². The van der Waals surface area contributed by atoms with Gasteiger partial charge in [0, 0.05) is 0 Å². The quantitative estimate of drug-likeness (QED) is 0.354. The zero-order valence-corrected chi connectivity index (χ0v) is 5.70. The molecule has 1 atom stereocenters. The van der Waals surface area contributed by atoms with Crippen LogP contribution in [0.2, 0.25) is 0 Å². The highest BCUT2D eigenvalue weighted by Crippen LogP contribution is 2.04. The summed E-state index contributed by atoms with van der Waals surface area (Å²) in [4.78, 5) is 13.8. The molecule has 0 radical (unpaired) electrons. The van der Waals surface area contributed by atoms with E-state index < -0.39 is 6.10 Å². The number of hydrogen-bond donors (Lipinski definition) is 1. The van der Waals surface area contributed by atoms with Gasteiger partial charge in [-0.25, -0.2) is 4.89 Å². The number of carbonyl (C=O) groups excluding carboxylic acids is 1. The van der Waals surface area contributed by atoms with Gasteiger partial charge in [0.05, 0.1) is 0 Å². The molecule has 0 bridgehead atoms. The molecule has 0 saturated carbocycles. The molecule has 0 saturated heterocycles. The van der Waals surface area contributed by atoms with Crippen LogP contribution in [0.1, 0.15) is 20.3 Å². The molecule has 54 valence electrons. The van der Waals surface area contributed by atoms with Crippen LogP contribution in [0.3, 0.4) is 0 Å². The molecule has 0 spiro atoms. The highest BCUT2D eigenvalue weighted by atomic mass is 17.1. The van der Waals surface area contributed by atoms with Gasteiger partial charge in [0.15, 0.2) is 6.29 Å². The summed E-state index contributed by atoms with van der Waals surface area (Å²) in [6, 6.07) is 0. The standard InChI is InChI=1S/C6H12O3/c1-5(2)3-6(4-7)9-8/h4-6,8H,3H2,1-2H3. The van der Waals surface area contributed by atoms with Crippen LogP contribution < -0.4 is 0 Å². The SMILES string of the molecule is CC(C)CC(C=O)OO. The van der Waals surface area contributed by atoms with Gasteiger partial charge >= 0.3 is 0 Å². The Morgan fingerprint density at radius 2 is 2.22 bits per heavy atom. The molecule has 0 rings (SSSR count). The van der Waals surface area contributed by atoms with Crippen LogP contribution in [0.5, 0.6) is 0 Å². The van der Waals surface area contributed by atoms with Crippen molar-refractivity contribution in [3.63, 3.8) is 0 Å². The summed E-state index contributed by atoms with van der Waals surface area (Å²) >= 11 is 0. The lowest BCUT2D eigenvalue weighted by atomic mass is 10.1. The third kappa shape index (κ3) is 4.12. The minimum absolute atomic E-state index is 0.368. The first kappa shape index (κ1) is 8.59. The highest BCUT2D eigenvalue weighted by molar-refractivity contribution is 5.55. The summed E-state index contributed by atoms with van der Waals surface area (Å²) in [5, 5.41) is 8.04. The van der Waals surface area contributed by atoms with Crippen molar-refractivity contribution in [2.45, 2.75) is 26.4 Å². The first-order chi connectivity index (χ1) is 4.20. The van der Waals surface area contributed by atoms with Crippen molar-refractivity contribution in [1.82, 2.24) is 0 Å². The molecule has 0 aromatic heterocycles. The largest absolute Gasteiger partial charge is 0.300 e. The van der Waals surface area contributed by atoms with Crippen molar-refractivity contribution in [1.29, 1.82) is 0 Å². The van der Waals surface area contributed by atoms with E-state index >= 15 is 0 Å². The molecule has 0 aliphatic carbocycles. The van der Waals surface area contributed by atoms with E-state index in [4.69, 9.17) is 5.26 Å². The molecular formula is C6H12O3. The Bertz CT molecular complexity index is 80.4. The summed E-state index contributed by atoms with van der Waals surface area (Å²) in [6.07, 6.45) is 0.519. The Labute approximate surface area is 54.6 Å². The Kier molecular flexibility index (Phi) is 4.26. The molecule has 0 aromatic rings. The number of carbonyl (C=O) groups is 1. The maximum Gasteiger partial charge on any atom is 0.152 e. The Morgan fingerprint density at radius 1 is 1.67 bits per heavy atom. The third-order valence-electron chi connectivity index (χ3n) is 0.991. The van der Waals surface area contributed by atoms with Crippen molar-refractivity contribution in [2.24, 2.45) is 5.92 Å². The maximum atomic E-state index is 9.99. The Balaban J connectivity index is 3.42. The van der Waals surface area contributed by atoms with Crippen LogP contribution in [-0.2, 0) is 9.68 Å². The van der Waals surface area contributed by atoms with Gasteiger partial charge in [-0.3, -0.25) is 5.26 Å². The van der Waals surface area contributed by atoms with Gasteiger partial charge in [0.25, 0.3) is 0 Å². The molecule has 1 unspecified atom stereocenters. The van der Waals surface area contributed by atoms with E-state index in [-0.39, 0.29) is 0 Å². The minimum atomic E-state index is -0.648. The first-order valence-corrected chi connectivity index (χ1v) is 2.96. The minimum Gasteiger partial charge on any atom is -0.300 e. The topological polar surface area (TPSA) is 46.5 Å². The average molecular weight is 132 g/mol. The number of aldehydes is 1. The van der Waals surface area contributed by atoms with Crippen molar-refractivity contribution in [3.8, 4) is 0 Å². The van der Waals surface area contributed by atoms with E-state index in [1.807, 2.05) is 13.8 Å². The smallest absolute Gasteiger partial charge is 0.152 e. The highest BCUT2D eigenvalue weighted by Gasteiger charge is 2.08. The maximum absolute atomic E-state index is 9.99. The fourth-order valence-corrected chi connectivity index (χ4v) is 0.588. The van der Waals surface area contributed by atoms with Crippen LogP contribution in [-0.4, -0.2) is 17.6 Å². The molecule has 0 fully saturated rings. The molecule has 0 heterocycles. The van der Waals surface area contributed by atoms with Crippen molar-refractivity contribution in [3.05, 3.63) is 0 Å². The van der Waals surface area contributed by atoms with Gasteiger partial charge in [-0.05, 0) is 12.3 Å². The fraction of sp³-hybridized carbons (Fsp3) is 0.833. The second-order valence-electron chi connectivity index (χ2n) is 2.41. The molecule has 0 aliphatic heterocycles. The summed E-state index contributed by atoms with van der Waals surface area (Å²) in [7, 11) is 0. The second-order valence-corrected chi connectivity index (χ2v) is 2.41. The van der Waals surface area contributed by atoms with Gasteiger partial charge in [0.2, 0.25) is 0 Å². The predicted molar refractivity (Wildman–Crippen MR) is 33.0 cm³/mol. The number of hydrogen-bond acceptors (Lipinski definition) is 3. The van der Waals surface area contributed by atoms with Crippen LogP contribution >= 0.6 is 0 Å². The third-order valence-corrected chi connectivity index (χ3v) is 0.991. The van der Waals surface area contributed by atoms with Crippen LogP contribution in [0.25, 0.3) is 0 Å². The summed E-state index contributed by atoms with van der Waals surface area (Å²) < 4.78 is 0. The predicted octanol–water partition coefficient (Wildman–Crippen LogP) is 1.09. The molecule has 0 aromatic carbocycles. The van der Waals surface area contributed by atoms with Crippen LogP contribution in [0, 0.1) is 5.92 Å². The first-order valence-electron chi connectivity index (χ1n) is 2.96.